The number of nitrogens with zero attached hydrogens (tertiary/aromatic N) is 3. The normalized spacial score (nSPS) is 10.5. The molecule has 0 atom stereocenters. The highest BCUT2D eigenvalue weighted by Crippen LogP contribution is 2.11. The van der Waals surface area contributed by atoms with Crippen molar-refractivity contribution in [2.45, 2.75) is 0 Å². The molecule has 0 spiro atoms. The summed E-state index contributed by atoms with van der Waals surface area (Å²) in [4.78, 5) is 14.3. The summed E-state index contributed by atoms with van der Waals surface area (Å²) in [6, 6.07) is 1.50. The van der Waals surface area contributed by atoms with Gasteiger partial charge in [0.05, 0.1) is 6.20 Å². The molecule has 13 heavy (non-hydrogen) atoms. The maximum Gasteiger partial charge on any atom is 0.354 e. The van der Waals surface area contributed by atoms with E-state index in [1.807, 2.05) is 0 Å². The predicted octanol–water partition coefficient (Wildman–Crippen LogP) is 0.666. The van der Waals surface area contributed by atoms with Crippen molar-refractivity contribution < 1.29 is 9.90 Å². The Morgan fingerprint density at radius 3 is 3.08 bits per heavy atom. The first-order valence-electron chi connectivity index (χ1n) is 3.69. The van der Waals surface area contributed by atoms with Gasteiger partial charge >= 0.3 is 5.97 Å². The molecular formula is C8H7N3O2. The van der Waals surface area contributed by atoms with Gasteiger partial charge in [-0.3, -0.25) is 4.68 Å². The van der Waals surface area contributed by atoms with Gasteiger partial charge in [-0.1, -0.05) is 0 Å². The first kappa shape index (κ1) is 7.72. The van der Waals surface area contributed by atoms with E-state index in [0.29, 0.717) is 5.52 Å². The number of aromatic carboxylic acids is 1. The summed E-state index contributed by atoms with van der Waals surface area (Å²) < 4.78 is 1.62. The number of aryl methyl sites for hydroxylation is 1. The highest BCUT2D eigenvalue weighted by Gasteiger charge is 2.06. The summed E-state index contributed by atoms with van der Waals surface area (Å²) in [6.07, 6.45) is 3.21. The van der Waals surface area contributed by atoms with Crippen LogP contribution >= 0.6 is 0 Å². The number of aromatic nitrogens is 3. The topological polar surface area (TPSA) is 68.0 Å². The van der Waals surface area contributed by atoms with E-state index in [-0.39, 0.29) is 5.69 Å². The molecule has 0 aliphatic heterocycles. The fourth-order valence-corrected chi connectivity index (χ4v) is 1.17. The molecule has 66 valence electrons. The van der Waals surface area contributed by atoms with Gasteiger partial charge in [0.15, 0.2) is 0 Å². The fourth-order valence-electron chi connectivity index (χ4n) is 1.17. The van der Waals surface area contributed by atoms with Crippen molar-refractivity contribution in [3.63, 3.8) is 0 Å². The Morgan fingerprint density at radius 1 is 1.62 bits per heavy atom. The minimum Gasteiger partial charge on any atom is -0.477 e. The molecule has 0 saturated heterocycles. The summed E-state index contributed by atoms with van der Waals surface area (Å²) in [7, 11) is 1.78. The van der Waals surface area contributed by atoms with Crippen LogP contribution in [0, 0.1) is 0 Å². The Morgan fingerprint density at radius 2 is 2.38 bits per heavy atom. The Bertz CT molecular complexity index is 475. The van der Waals surface area contributed by atoms with E-state index in [0.717, 1.165) is 5.39 Å². The molecule has 0 fully saturated rings. The van der Waals surface area contributed by atoms with Gasteiger partial charge in [0, 0.05) is 18.6 Å². The maximum atomic E-state index is 10.6. The number of fused-ring (bicyclic) bond motifs is 1. The number of pyridine rings is 1. The quantitative estimate of drug-likeness (QED) is 0.695. The van der Waals surface area contributed by atoms with Gasteiger partial charge in [-0.05, 0) is 6.07 Å². The first-order valence-corrected chi connectivity index (χ1v) is 3.69. The second-order valence-corrected chi connectivity index (χ2v) is 2.74. The molecule has 0 amide bonds. The highest BCUT2D eigenvalue weighted by atomic mass is 16.4. The molecule has 2 aromatic heterocycles. The molecule has 1 N–H and O–H groups in total. The predicted molar refractivity (Wildman–Crippen MR) is 45.5 cm³/mol. The van der Waals surface area contributed by atoms with Crippen molar-refractivity contribution in [2.24, 2.45) is 7.05 Å². The lowest BCUT2D eigenvalue weighted by Gasteiger charge is -1.90. The highest BCUT2D eigenvalue weighted by molar-refractivity contribution is 5.90. The van der Waals surface area contributed by atoms with Crippen LogP contribution in [0.25, 0.3) is 10.9 Å². The zero-order valence-corrected chi connectivity index (χ0v) is 6.93. The molecule has 0 unspecified atom stereocenters. The molecule has 2 aromatic rings. The Balaban J connectivity index is 2.67. The standard InChI is InChI=1S/C8H7N3O2/c1-11-4-5-2-6(8(12)13)9-3-7(5)10-11/h2-4H,1H3,(H,12,13). The molecule has 0 bridgehead atoms. The van der Waals surface area contributed by atoms with E-state index >= 15 is 0 Å². The lowest BCUT2D eigenvalue weighted by atomic mass is 10.3. The molecule has 5 heteroatoms. The van der Waals surface area contributed by atoms with Crippen LogP contribution < -0.4 is 0 Å². The fraction of sp³-hybridized carbons (Fsp3) is 0.125. The monoisotopic (exact) mass is 177 g/mol. The van der Waals surface area contributed by atoms with Crippen LogP contribution in [0.2, 0.25) is 0 Å². The average Bonchev–Trinajstić information content (AvgIpc) is 2.42. The van der Waals surface area contributed by atoms with E-state index < -0.39 is 5.97 Å². The van der Waals surface area contributed by atoms with Crippen LogP contribution in [-0.2, 0) is 7.05 Å². The van der Waals surface area contributed by atoms with Gasteiger partial charge in [0.1, 0.15) is 11.2 Å². The second-order valence-electron chi connectivity index (χ2n) is 2.74. The summed E-state index contributed by atoms with van der Waals surface area (Å²) in [5, 5.41) is 13.5. The molecule has 0 radical (unpaired) electrons. The Hall–Kier alpha value is -1.91. The van der Waals surface area contributed by atoms with Crippen LogP contribution in [0.3, 0.4) is 0 Å². The van der Waals surface area contributed by atoms with E-state index in [2.05, 4.69) is 10.1 Å². The van der Waals surface area contributed by atoms with Crippen LogP contribution in [0.15, 0.2) is 18.5 Å². The van der Waals surface area contributed by atoms with E-state index in [4.69, 9.17) is 5.11 Å². The molecule has 0 aliphatic carbocycles. The largest absolute Gasteiger partial charge is 0.477 e. The zero-order valence-electron chi connectivity index (χ0n) is 6.93. The third-order valence-electron chi connectivity index (χ3n) is 1.72. The van der Waals surface area contributed by atoms with Gasteiger partial charge in [-0.25, -0.2) is 9.78 Å². The summed E-state index contributed by atoms with van der Waals surface area (Å²) in [6.45, 7) is 0. The second kappa shape index (κ2) is 2.55. The lowest BCUT2D eigenvalue weighted by Crippen LogP contribution is -1.98. The van der Waals surface area contributed by atoms with Gasteiger partial charge in [-0.2, -0.15) is 5.10 Å². The lowest BCUT2D eigenvalue weighted by molar-refractivity contribution is 0.0691. The minimum atomic E-state index is -1.02. The number of carboxylic acids is 1. The third-order valence-corrected chi connectivity index (χ3v) is 1.72. The van der Waals surface area contributed by atoms with Crippen molar-refractivity contribution in [2.75, 3.05) is 0 Å². The van der Waals surface area contributed by atoms with Crippen molar-refractivity contribution in [1.29, 1.82) is 0 Å². The van der Waals surface area contributed by atoms with Crippen molar-refractivity contribution in [1.82, 2.24) is 14.8 Å². The van der Waals surface area contributed by atoms with Crippen LogP contribution in [0.1, 0.15) is 10.5 Å². The Labute approximate surface area is 73.6 Å². The van der Waals surface area contributed by atoms with E-state index in [9.17, 15) is 4.79 Å². The zero-order chi connectivity index (χ0) is 9.42. The van der Waals surface area contributed by atoms with Gasteiger partial charge < -0.3 is 5.11 Å². The van der Waals surface area contributed by atoms with Crippen LogP contribution in [0.5, 0.6) is 0 Å². The molecule has 0 saturated carbocycles. The number of hydrogen-bond donors (Lipinski definition) is 1. The number of carboxylic acid groups (broad SMARTS) is 1. The SMILES string of the molecule is Cn1cc2cc(C(=O)O)ncc2n1. The molecule has 2 rings (SSSR count). The molecular weight excluding hydrogens is 170 g/mol. The van der Waals surface area contributed by atoms with Crippen molar-refractivity contribution in [3.05, 3.63) is 24.2 Å². The van der Waals surface area contributed by atoms with Gasteiger partial charge in [-0.15, -0.1) is 0 Å². The Kier molecular flexibility index (Phi) is 1.51. The number of hydrogen-bond acceptors (Lipinski definition) is 3. The molecule has 0 aromatic carbocycles. The smallest absolute Gasteiger partial charge is 0.354 e. The molecule has 5 nitrogen and oxygen atoms in total. The average molecular weight is 177 g/mol. The van der Waals surface area contributed by atoms with Crippen LogP contribution in [0.4, 0.5) is 0 Å². The van der Waals surface area contributed by atoms with Crippen LogP contribution in [-0.4, -0.2) is 25.8 Å². The third kappa shape index (κ3) is 1.24. The molecule has 0 aliphatic rings. The van der Waals surface area contributed by atoms with Crippen molar-refractivity contribution >= 4 is 16.9 Å². The maximum absolute atomic E-state index is 10.6. The number of rotatable bonds is 1. The summed E-state index contributed by atoms with van der Waals surface area (Å²) in [5.74, 6) is -1.02. The van der Waals surface area contributed by atoms with Gasteiger partial charge in [0.25, 0.3) is 0 Å². The summed E-state index contributed by atoms with van der Waals surface area (Å²) >= 11 is 0. The van der Waals surface area contributed by atoms with Crippen molar-refractivity contribution in [3.8, 4) is 0 Å². The van der Waals surface area contributed by atoms with E-state index in [1.165, 1.54) is 12.3 Å². The first-order chi connectivity index (χ1) is 6.16. The molecule has 2 heterocycles. The number of carbonyl (C=O) groups is 1. The minimum absolute atomic E-state index is 0.0421. The van der Waals surface area contributed by atoms with E-state index in [1.54, 1.807) is 17.9 Å². The summed E-state index contributed by atoms with van der Waals surface area (Å²) in [5.41, 5.74) is 0.744. The van der Waals surface area contributed by atoms with Gasteiger partial charge in [0.2, 0.25) is 0 Å².